The van der Waals surface area contributed by atoms with Crippen LogP contribution in [0.3, 0.4) is 0 Å². The summed E-state index contributed by atoms with van der Waals surface area (Å²) in [6.45, 7) is 2.82. The van der Waals surface area contributed by atoms with Crippen LogP contribution in [0, 0.1) is 5.92 Å². The number of rotatable bonds is 2. The minimum absolute atomic E-state index is 0.138. The van der Waals surface area contributed by atoms with Crippen molar-refractivity contribution in [3.63, 3.8) is 0 Å². The molecule has 5 rings (SSSR count). The van der Waals surface area contributed by atoms with Crippen molar-refractivity contribution in [3.05, 3.63) is 82.8 Å². The molecule has 26 heavy (non-hydrogen) atoms. The highest BCUT2D eigenvalue weighted by molar-refractivity contribution is 5.74. The zero-order valence-corrected chi connectivity index (χ0v) is 14.7. The number of fused-ring (bicyclic) bond motifs is 4. The number of nitrogens with zero attached hydrogens (tertiary/aromatic N) is 1. The van der Waals surface area contributed by atoms with Gasteiger partial charge in [-0.1, -0.05) is 48.5 Å². The lowest BCUT2D eigenvalue weighted by atomic mass is 9.81. The summed E-state index contributed by atoms with van der Waals surface area (Å²) in [7, 11) is 0. The minimum Gasteiger partial charge on any atom is -0.316 e. The summed E-state index contributed by atoms with van der Waals surface area (Å²) in [5.74, 6) is 0.997. The van der Waals surface area contributed by atoms with Gasteiger partial charge in [-0.3, -0.25) is 4.79 Å². The first-order valence-electron chi connectivity index (χ1n) is 9.40. The largest absolute Gasteiger partial charge is 0.316 e. The molecule has 130 valence electrons. The number of benzene rings is 2. The highest BCUT2D eigenvalue weighted by atomic mass is 16.1. The summed E-state index contributed by atoms with van der Waals surface area (Å²) in [5, 5.41) is 3.55. The summed E-state index contributed by atoms with van der Waals surface area (Å²) in [4.78, 5) is 12.5. The predicted octanol–water partition coefficient (Wildman–Crippen LogP) is 3.89. The molecule has 1 fully saturated rings. The van der Waals surface area contributed by atoms with Crippen LogP contribution in [-0.4, -0.2) is 17.7 Å². The molecule has 3 aromatic rings. The van der Waals surface area contributed by atoms with Gasteiger partial charge >= 0.3 is 0 Å². The van der Waals surface area contributed by atoms with E-state index < -0.39 is 0 Å². The van der Waals surface area contributed by atoms with Gasteiger partial charge in [-0.15, -0.1) is 0 Å². The molecular formula is C23H22N2O. The number of hydrogen-bond donors (Lipinski definition) is 1. The quantitative estimate of drug-likeness (QED) is 0.767. The van der Waals surface area contributed by atoms with Crippen molar-refractivity contribution in [3.8, 4) is 22.3 Å². The first kappa shape index (κ1) is 15.6. The third-order valence-electron chi connectivity index (χ3n) is 5.78. The lowest BCUT2D eigenvalue weighted by Gasteiger charge is -2.38. The average molecular weight is 342 g/mol. The molecule has 1 aromatic heterocycles. The fourth-order valence-corrected chi connectivity index (χ4v) is 4.60. The molecule has 3 nitrogen and oxygen atoms in total. The highest BCUT2D eigenvalue weighted by Gasteiger charge is 2.32. The maximum atomic E-state index is 12.5. The maximum Gasteiger partial charge on any atom is 0.250 e. The van der Waals surface area contributed by atoms with Crippen molar-refractivity contribution in [1.29, 1.82) is 0 Å². The van der Waals surface area contributed by atoms with Gasteiger partial charge in [-0.05, 0) is 47.7 Å². The molecule has 2 unspecified atom stereocenters. The second kappa shape index (κ2) is 6.26. The van der Waals surface area contributed by atoms with Crippen LogP contribution < -0.4 is 10.9 Å². The standard InChI is InChI=1S/C23H22N2O/c26-22-10-9-21(23-20-11-16(13-24-14-20)15-25(22)23)19-8-4-7-18(12-19)17-5-2-1-3-6-17/h1-10,12,16,20,24H,11,13-15H2. The summed E-state index contributed by atoms with van der Waals surface area (Å²) in [6, 6.07) is 22.9. The summed E-state index contributed by atoms with van der Waals surface area (Å²) < 4.78 is 2.03. The molecule has 1 saturated heterocycles. The highest BCUT2D eigenvalue weighted by Crippen LogP contribution is 2.38. The van der Waals surface area contributed by atoms with E-state index >= 15 is 0 Å². The van der Waals surface area contributed by atoms with Crippen LogP contribution in [0.5, 0.6) is 0 Å². The van der Waals surface area contributed by atoms with Crippen LogP contribution in [0.1, 0.15) is 18.0 Å². The summed E-state index contributed by atoms with van der Waals surface area (Å²) >= 11 is 0. The second-order valence-electron chi connectivity index (χ2n) is 7.48. The first-order chi connectivity index (χ1) is 12.8. The SMILES string of the molecule is O=c1ccc(-c2cccc(-c3ccccc3)c2)c2n1CC1CNCC2C1. The van der Waals surface area contributed by atoms with E-state index in [0.717, 1.165) is 19.6 Å². The van der Waals surface area contributed by atoms with Crippen molar-refractivity contribution in [2.45, 2.75) is 18.9 Å². The Morgan fingerprint density at radius 3 is 2.54 bits per heavy atom. The summed E-state index contributed by atoms with van der Waals surface area (Å²) in [5.41, 5.74) is 6.18. The van der Waals surface area contributed by atoms with Crippen LogP contribution in [0.25, 0.3) is 22.3 Å². The molecule has 1 N–H and O–H groups in total. The Morgan fingerprint density at radius 2 is 1.65 bits per heavy atom. The van der Waals surface area contributed by atoms with Crippen molar-refractivity contribution < 1.29 is 0 Å². The predicted molar refractivity (Wildman–Crippen MR) is 105 cm³/mol. The van der Waals surface area contributed by atoms with Crippen molar-refractivity contribution in [2.24, 2.45) is 5.92 Å². The molecule has 0 saturated carbocycles. The molecule has 3 heterocycles. The lowest BCUT2D eigenvalue weighted by molar-refractivity contribution is 0.258. The Balaban J connectivity index is 1.66. The molecule has 0 amide bonds. The van der Waals surface area contributed by atoms with Gasteiger partial charge in [-0.2, -0.15) is 0 Å². The Kier molecular flexibility index (Phi) is 3.75. The van der Waals surface area contributed by atoms with Gasteiger partial charge < -0.3 is 9.88 Å². The van der Waals surface area contributed by atoms with Crippen LogP contribution in [0.15, 0.2) is 71.5 Å². The van der Waals surface area contributed by atoms with Crippen LogP contribution in [-0.2, 0) is 6.54 Å². The van der Waals surface area contributed by atoms with Gasteiger partial charge in [0.15, 0.2) is 0 Å². The van der Waals surface area contributed by atoms with Gasteiger partial charge in [0, 0.05) is 36.3 Å². The van der Waals surface area contributed by atoms with E-state index in [0.29, 0.717) is 11.8 Å². The Morgan fingerprint density at radius 1 is 0.846 bits per heavy atom. The zero-order chi connectivity index (χ0) is 17.5. The fourth-order valence-electron chi connectivity index (χ4n) is 4.60. The third kappa shape index (κ3) is 2.60. The molecule has 0 aliphatic carbocycles. The van der Waals surface area contributed by atoms with Crippen LogP contribution in [0.4, 0.5) is 0 Å². The van der Waals surface area contributed by atoms with Crippen LogP contribution >= 0.6 is 0 Å². The van der Waals surface area contributed by atoms with Gasteiger partial charge in [0.2, 0.25) is 0 Å². The first-order valence-corrected chi connectivity index (χ1v) is 9.40. The van der Waals surface area contributed by atoms with E-state index in [4.69, 9.17) is 0 Å². The molecule has 2 aromatic carbocycles. The van der Waals surface area contributed by atoms with Gasteiger partial charge in [0.25, 0.3) is 5.56 Å². The molecule has 2 aliphatic rings. The fraction of sp³-hybridized carbons (Fsp3) is 0.261. The maximum absolute atomic E-state index is 12.5. The number of nitrogens with one attached hydrogen (secondary N) is 1. The number of piperidine rings is 1. The van der Waals surface area contributed by atoms with Gasteiger partial charge in [0.05, 0.1) is 0 Å². The molecular weight excluding hydrogens is 320 g/mol. The molecule has 3 heteroatoms. The molecule has 2 bridgehead atoms. The summed E-state index contributed by atoms with van der Waals surface area (Å²) in [6.07, 6.45) is 1.18. The van der Waals surface area contributed by atoms with E-state index in [9.17, 15) is 4.79 Å². The van der Waals surface area contributed by atoms with Crippen LogP contribution in [0.2, 0.25) is 0 Å². The Hall–Kier alpha value is -2.65. The van der Waals surface area contributed by atoms with E-state index in [-0.39, 0.29) is 5.56 Å². The van der Waals surface area contributed by atoms with E-state index in [1.165, 1.54) is 34.4 Å². The van der Waals surface area contributed by atoms with Crippen molar-refractivity contribution >= 4 is 0 Å². The van der Waals surface area contributed by atoms with Gasteiger partial charge in [0.1, 0.15) is 0 Å². The molecule has 0 radical (unpaired) electrons. The zero-order valence-electron chi connectivity index (χ0n) is 14.7. The lowest BCUT2D eigenvalue weighted by Crippen LogP contribution is -2.45. The van der Waals surface area contributed by atoms with E-state index in [1.807, 2.05) is 16.7 Å². The van der Waals surface area contributed by atoms with E-state index in [2.05, 4.69) is 53.8 Å². The molecule has 2 aliphatic heterocycles. The molecule has 0 spiro atoms. The topological polar surface area (TPSA) is 34.0 Å². The average Bonchev–Trinajstić information content (AvgIpc) is 2.70. The molecule has 2 atom stereocenters. The van der Waals surface area contributed by atoms with Crippen molar-refractivity contribution in [2.75, 3.05) is 13.1 Å². The van der Waals surface area contributed by atoms with Gasteiger partial charge in [-0.25, -0.2) is 0 Å². The Labute approximate surface area is 153 Å². The number of hydrogen-bond acceptors (Lipinski definition) is 2. The Bertz CT molecular complexity index is 1010. The number of aromatic nitrogens is 1. The van der Waals surface area contributed by atoms with Crippen molar-refractivity contribution in [1.82, 2.24) is 9.88 Å². The third-order valence-corrected chi connectivity index (χ3v) is 5.78. The minimum atomic E-state index is 0.138. The monoisotopic (exact) mass is 342 g/mol. The smallest absolute Gasteiger partial charge is 0.250 e. The van der Waals surface area contributed by atoms with E-state index in [1.54, 1.807) is 6.07 Å². The number of pyridine rings is 1. The normalized spacial score (nSPS) is 21.2. The second-order valence-corrected chi connectivity index (χ2v) is 7.48.